The molecule has 0 aliphatic carbocycles. The molecule has 1 aromatic carbocycles. The Hall–Kier alpha value is -2.62. The van der Waals surface area contributed by atoms with Gasteiger partial charge in [0.1, 0.15) is 0 Å². The molecule has 0 radical (unpaired) electrons. The minimum atomic E-state index is -0.502. The number of allylic oxidation sites excluding steroid dienone is 3. The third kappa shape index (κ3) is 5.04. The minimum Gasteiger partial charge on any atom is -0.504 e. The SMILES string of the molecule is C=CC(/C=C/C(=O)NC(=O)c1ccccc1)=C\OC. The molecule has 19 heavy (non-hydrogen) atoms. The molecule has 1 rings (SSSR count). The first kappa shape index (κ1) is 14.4. The van der Waals surface area contributed by atoms with Gasteiger partial charge in [-0.2, -0.15) is 0 Å². The predicted octanol–water partition coefficient (Wildman–Crippen LogP) is 2.22. The summed E-state index contributed by atoms with van der Waals surface area (Å²) in [6.07, 6.45) is 5.72. The highest BCUT2D eigenvalue weighted by atomic mass is 16.5. The Morgan fingerprint density at radius 3 is 2.47 bits per heavy atom. The van der Waals surface area contributed by atoms with E-state index in [9.17, 15) is 9.59 Å². The number of rotatable bonds is 5. The lowest BCUT2D eigenvalue weighted by atomic mass is 10.2. The third-order valence-corrected chi connectivity index (χ3v) is 2.19. The number of methoxy groups -OCH3 is 1. The Balaban J connectivity index is 2.61. The van der Waals surface area contributed by atoms with E-state index in [1.165, 1.54) is 31.6 Å². The molecular formula is C15H15NO3. The number of nitrogens with one attached hydrogen (secondary N) is 1. The molecule has 1 N–H and O–H groups in total. The molecule has 0 bridgehead atoms. The Labute approximate surface area is 112 Å². The summed E-state index contributed by atoms with van der Waals surface area (Å²) in [6, 6.07) is 8.52. The van der Waals surface area contributed by atoms with Gasteiger partial charge in [-0.05, 0) is 18.2 Å². The van der Waals surface area contributed by atoms with E-state index in [0.29, 0.717) is 11.1 Å². The zero-order chi connectivity index (χ0) is 14.1. The van der Waals surface area contributed by atoms with Gasteiger partial charge < -0.3 is 4.74 Å². The van der Waals surface area contributed by atoms with E-state index in [4.69, 9.17) is 4.74 Å². The first-order valence-electron chi connectivity index (χ1n) is 5.61. The zero-order valence-electron chi connectivity index (χ0n) is 10.6. The van der Waals surface area contributed by atoms with Crippen LogP contribution in [0.25, 0.3) is 0 Å². The fraction of sp³-hybridized carbons (Fsp3) is 0.0667. The monoisotopic (exact) mass is 257 g/mol. The Bertz CT molecular complexity index is 515. The van der Waals surface area contributed by atoms with Crippen LogP contribution in [0.15, 0.2) is 67.0 Å². The second-order valence-electron chi connectivity index (χ2n) is 3.58. The van der Waals surface area contributed by atoms with Crippen molar-refractivity contribution < 1.29 is 14.3 Å². The molecular weight excluding hydrogens is 242 g/mol. The number of amides is 2. The maximum Gasteiger partial charge on any atom is 0.258 e. The van der Waals surface area contributed by atoms with Crippen LogP contribution in [-0.4, -0.2) is 18.9 Å². The molecule has 4 nitrogen and oxygen atoms in total. The van der Waals surface area contributed by atoms with Crippen LogP contribution in [-0.2, 0) is 9.53 Å². The second kappa shape index (κ2) is 7.66. The van der Waals surface area contributed by atoms with Gasteiger partial charge in [-0.1, -0.05) is 30.9 Å². The Morgan fingerprint density at radius 1 is 1.21 bits per heavy atom. The molecule has 0 heterocycles. The van der Waals surface area contributed by atoms with Crippen molar-refractivity contribution in [2.24, 2.45) is 0 Å². The first-order chi connectivity index (χ1) is 9.17. The Morgan fingerprint density at radius 2 is 1.89 bits per heavy atom. The van der Waals surface area contributed by atoms with Crippen LogP contribution in [0.4, 0.5) is 0 Å². The number of hydrogen-bond acceptors (Lipinski definition) is 3. The molecule has 0 saturated carbocycles. The number of ether oxygens (including phenoxy) is 1. The van der Waals surface area contributed by atoms with Crippen LogP contribution < -0.4 is 5.32 Å². The van der Waals surface area contributed by atoms with Crippen molar-refractivity contribution >= 4 is 11.8 Å². The number of benzene rings is 1. The van der Waals surface area contributed by atoms with Crippen molar-refractivity contribution in [3.05, 3.63) is 72.5 Å². The fourth-order valence-corrected chi connectivity index (χ4v) is 1.28. The molecule has 0 aliphatic rings. The van der Waals surface area contributed by atoms with Gasteiger partial charge in [-0.15, -0.1) is 0 Å². The van der Waals surface area contributed by atoms with Crippen molar-refractivity contribution in [1.29, 1.82) is 0 Å². The van der Waals surface area contributed by atoms with Crippen molar-refractivity contribution in [1.82, 2.24) is 5.32 Å². The van der Waals surface area contributed by atoms with E-state index < -0.39 is 11.8 Å². The number of imide groups is 1. The standard InChI is InChI=1S/C15H15NO3/c1-3-12(11-19-2)9-10-14(17)16-15(18)13-7-5-4-6-8-13/h3-11H,1H2,2H3,(H,16,17,18)/b10-9+,12-11+. The zero-order valence-corrected chi connectivity index (χ0v) is 10.6. The van der Waals surface area contributed by atoms with Crippen LogP contribution in [0.3, 0.4) is 0 Å². The Kier molecular flexibility index (Phi) is 5.82. The summed E-state index contributed by atoms with van der Waals surface area (Å²) < 4.78 is 4.79. The van der Waals surface area contributed by atoms with Gasteiger partial charge >= 0.3 is 0 Å². The summed E-state index contributed by atoms with van der Waals surface area (Å²) in [4.78, 5) is 23.2. The molecule has 2 amide bonds. The minimum absolute atomic E-state index is 0.431. The summed E-state index contributed by atoms with van der Waals surface area (Å²) in [5.74, 6) is -0.941. The third-order valence-electron chi connectivity index (χ3n) is 2.19. The van der Waals surface area contributed by atoms with Crippen LogP contribution >= 0.6 is 0 Å². The highest BCUT2D eigenvalue weighted by Gasteiger charge is 2.06. The smallest absolute Gasteiger partial charge is 0.258 e. The summed E-state index contributed by atoms with van der Waals surface area (Å²) in [6.45, 7) is 3.57. The molecule has 0 aromatic heterocycles. The van der Waals surface area contributed by atoms with Gasteiger partial charge in [0.25, 0.3) is 11.8 Å². The maximum absolute atomic E-state index is 11.7. The fourth-order valence-electron chi connectivity index (χ4n) is 1.28. The van der Waals surface area contributed by atoms with E-state index >= 15 is 0 Å². The second-order valence-corrected chi connectivity index (χ2v) is 3.58. The van der Waals surface area contributed by atoms with Crippen molar-refractivity contribution in [2.45, 2.75) is 0 Å². The largest absolute Gasteiger partial charge is 0.504 e. The molecule has 0 aliphatic heterocycles. The summed E-state index contributed by atoms with van der Waals surface area (Å²) >= 11 is 0. The molecule has 0 atom stereocenters. The van der Waals surface area contributed by atoms with Gasteiger partial charge in [0.05, 0.1) is 13.4 Å². The number of hydrogen-bond donors (Lipinski definition) is 1. The van der Waals surface area contributed by atoms with Gasteiger partial charge in [0.15, 0.2) is 0 Å². The van der Waals surface area contributed by atoms with E-state index in [2.05, 4.69) is 11.9 Å². The van der Waals surface area contributed by atoms with E-state index in [1.54, 1.807) is 30.3 Å². The number of carbonyl (C=O) groups is 2. The predicted molar refractivity (Wildman–Crippen MR) is 73.3 cm³/mol. The molecule has 98 valence electrons. The number of carbonyl (C=O) groups excluding carboxylic acids is 2. The van der Waals surface area contributed by atoms with E-state index in [-0.39, 0.29) is 0 Å². The van der Waals surface area contributed by atoms with Crippen LogP contribution in [0.2, 0.25) is 0 Å². The normalized spacial score (nSPS) is 11.1. The molecule has 4 heteroatoms. The van der Waals surface area contributed by atoms with Gasteiger partial charge in [-0.3, -0.25) is 14.9 Å². The lowest BCUT2D eigenvalue weighted by molar-refractivity contribution is -0.115. The lowest BCUT2D eigenvalue weighted by Gasteiger charge is -2.00. The first-order valence-corrected chi connectivity index (χ1v) is 5.61. The molecule has 0 unspecified atom stereocenters. The van der Waals surface area contributed by atoms with Crippen LogP contribution in [0.1, 0.15) is 10.4 Å². The van der Waals surface area contributed by atoms with Crippen LogP contribution in [0, 0.1) is 0 Å². The summed E-state index contributed by atoms with van der Waals surface area (Å²) in [5.41, 5.74) is 1.06. The van der Waals surface area contributed by atoms with Crippen molar-refractivity contribution in [2.75, 3.05) is 7.11 Å². The average Bonchev–Trinajstić information content (AvgIpc) is 2.44. The molecule has 0 fully saturated rings. The quantitative estimate of drug-likeness (QED) is 0.500. The van der Waals surface area contributed by atoms with Crippen LogP contribution in [0.5, 0.6) is 0 Å². The van der Waals surface area contributed by atoms with Crippen molar-refractivity contribution in [3.63, 3.8) is 0 Å². The lowest BCUT2D eigenvalue weighted by Crippen LogP contribution is -2.28. The highest BCUT2D eigenvalue weighted by Crippen LogP contribution is 1.99. The van der Waals surface area contributed by atoms with Crippen molar-refractivity contribution in [3.8, 4) is 0 Å². The maximum atomic E-state index is 11.7. The molecule has 1 aromatic rings. The highest BCUT2D eigenvalue weighted by molar-refractivity contribution is 6.08. The van der Waals surface area contributed by atoms with Gasteiger partial charge in [-0.25, -0.2) is 0 Å². The van der Waals surface area contributed by atoms with Gasteiger partial charge in [0, 0.05) is 17.2 Å². The summed E-state index contributed by atoms with van der Waals surface area (Å²) in [5, 5.41) is 2.25. The van der Waals surface area contributed by atoms with E-state index in [0.717, 1.165) is 0 Å². The van der Waals surface area contributed by atoms with Gasteiger partial charge in [0.2, 0.25) is 0 Å². The molecule has 0 spiro atoms. The summed E-state index contributed by atoms with van der Waals surface area (Å²) in [7, 11) is 1.50. The topological polar surface area (TPSA) is 55.4 Å². The van der Waals surface area contributed by atoms with E-state index in [1.807, 2.05) is 0 Å². The average molecular weight is 257 g/mol. The molecule has 0 saturated heterocycles.